The van der Waals surface area contributed by atoms with Gasteiger partial charge in [0.2, 0.25) is 12.2 Å². The summed E-state index contributed by atoms with van der Waals surface area (Å²) < 4.78 is 27.5. The summed E-state index contributed by atoms with van der Waals surface area (Å²) in [7, 11) is 0. The number of nitrogens with zero attached hydrogens (tertiary/aromatic N) is 1. The van der Waals surface area contributed by atoms with Crippen molar-refractivity contribution in [2.24, 2.45) is 5.16 Å². The molecule has 6 N–H and O–H groups in total. The van der Waals surface area contributed by atoms with Gasteiger partial charge in [-0.1, -0.05) is 11.2 Å². The Labute approximate surface area is 257 Å². The molecule has 2 aromatic carbocycles. The van der Waals surface area contributed by atoms with Crippen molar-refractivity contribution in [2.75, 3.05) is 6.79 Å². The van der Waals surface area contributed by atoms with E-state index in [-0.39, 0.29) is 30.3 Å². The molecular formula is C31H34N2O12. The minimum absolute atomic E-state index is 0.0992. The molecule has 2 aliphatic heterocycles. The number of hydrogen-bond acceptors (Lipinski definition) is 13. The van der Waals surface area contributed by atoms with Gasteiger partial charge in [-0.25, -0.2) is 0 Å². The third-order valence-electron chi connectivity index (χ3n) is 8.10. The first-order valence-electron chi connectivity index (χ1n) is 14.4. The standard InChI is InChI=1S/C31H34N2O12/c1-14(31(39)32-24-25(36)27(38)30-29(26(24)37)41-13-42-30)9-16-3-5-22(19(34)10-16)43-23-12-20(35)28(44-23)15(2)33-45-18-4-6-21-17(11-18)7-8-40-21/h3-11,20,23-30,34-38H,12-13H2,1-2H3,(H,32,39)/b14-9+,33-15-/t20-,23+,24+,25-,26+,27+,28+,29-,30+/m0/s1. The molecule has 0 spiro atoms. The Morgan fingerprint density at radius 1 is 1.00 bits per heavy atom. The Morgan fingerprint density at radius 2 is 1.78 bits per heavy atom. The molecule has 1 aromatic heterocycles. The van der Waals surface area contributed by atoms with Crippen molar-refractivity contribution in [1.29, 1.82) is 0 Å². The maximum absolute atomic E-state index is 12.9. The zero-order valence-electron chi connectivity index (χ0n) is 24.3. The summed E-state index contributed by atoms with van der Waals surface area (Å²) >= 11 is 0. The van der Waals surface area contributed by atoms with E-state index in [1.165, 1.54) is 25.1 Å². The van der Waals surface area contributed by atoms with Gasteiger partial charge in [0, 0.05) is 17.4 Å². The average molecular weight is 627 g/mol. The number of oxime groups is 1. The highest BCUT2D eigenvalue weighted by Crippen LogP contribution is 2.33. The molecule has 3 heterocycles. The van der Waals surface area contributed by atoms with Crippen LogP contribution in [0.25, 0.3) is 17.0 Å². The minimum Gasteiger partial charge on any atom is -0.504 e. The normalized spacial score (nSPS) is 32.0. The Balaban J connectivity index is 1.05. The third-order valence-corrected chi connectivity index (χ3v) is 8.10. The highest BCUT2D eigenvalue weighted by Gasteiger charge is 2.53. The van der Waals surface area contributed by atoms with Crippen molar-refractivity contribution in [3.05, 3.63) is 59.9 Å². The zero-order chi connectivity index (χ0) is 31.8. The smallest absolute Gasteiger partial charge is 0.247 e. The van der Waals surface area contributed by atoms with Crippen LogP contribution in [-0.4, -0.2) is 99.0 Å². The summed E-state index contributed by atoms with van der Waals surface area (Å²) in [6.45, 7) is 3.04. The predicted octanol–water partition coefficient (Wildman–Crippen LogP) is 1.17. The van der Waals surface area contributed by atoms with Crippen LogP contribution in [0.5, 0.6) is 17.2 Å². The number of furan rings is 1. The molecular weight excluding hydrogens is 592 g/mol. The van der Waals surface area contributed by atoms with E-state index in [2.05, 4.69) is 10.5 Å². The van der Waals surface area contributed by atoms with Gasteiger partial charge < -0.3 is 59.1 Å². The van der Waals surface area contributed by atoms with Gasteiger partial charge in [-0.05, 0) is 61.9 Å². The summed E-state index contributed by atoms with van der Waals surface area (Å²) in [5, 5.41) is 60.1. The molecule has 9 atom stereocenters. The van der Waals surface area contributed by atoms with Crippen LogP contribution in [0.15, 0.2) is 63.9 Å². The number of carbonyl (C=O) groups excluding carboxylic acids is 1. The van der Waals surface area contributed by atoms with Crippen LogP contribution >= 0.6 is 0 Å². The number of ether oxygens (including phenoxy) is 4. The fraction of sp³-hybridized carbons (Fsp3) is 0.419. The number of aliphatic hydroxyl groups is 4. The van der Waals surface area contributed by atoms with Crippen molar-refractivity contribution in [2.45, 2.75) is 75.3 Å². The second-order valence-corrected chi connectivity index (χ2v) is 11.3. The van der Waals surface area contributed by atoms with Gasteiger partial charge in [0.25, 0.3) is 0 Å². The van der Waals surface area contributed by atoms with Gasteiger partial charge in [0.1, 0.15) is 49.0 Å². The number of aromatic hydroxyl groups is 1. The maximum atomic E-state index is 12.9. The van der Waals surface area contributed by atoms with Gasteiger partial charge in [-0.3, -0.25) is 4.79 Å². The Kier molecular flexibility index (Phi) is 8.79. The number of carbonyl (C=O) groups is 1. The van der Waals surface area contributed by atoms with Crippen molar-refractivity contribution >= 4 is 28.7 Å². The average Bonchev–Trinajstić information content (AvgIpc) is 3.78. The number of aliphatic hydroxyl groups excluding tert-OH is 4. The molecule has 45 heavy (non-hydrogen) atoms. The molecule has 3 aromatic rings. The molecule has 0 unspecified atom stereocenters. The number of amides is 1. The lowest BCUT2D eigenvalue weighted by Gasteiger charge is -2.41. The molecule has 3 fully saturated rings. The third kappa shape index (κ3) is 6.39. The molecule has 0 radical (unpaired) electrons. The van der Waals surface area contributed by atoms with Crippen molar-refractivity contribution in [3.63, 3.8) is 0 Å². The second kappa shape index (κ2) is 12.8. The molecule has 1 amide bonds. The lowest BCUT2D eigenvalue weighted by Crippen LogP contribution is -2.67. The molecule has 3 aliphatic rings. The second-order valence-electron chi connectivity index (χ2n) is 11.3. The van der Waals surface area contributed by atoms with Crippen molar-refractivity contribution in [3.8, 4) is 17.2 Å². The van der Waals surface area contributed by atoms with Crippen LogP contribution in [0, 0.1) is 0 Å². The molecule has 1 aliphatic carbocycles. The van der Waals surface area contributed by atoms with Crippen LogP contribution in [0.4, 0.5) is 0 Å². The summed E-state index contributed by atoms with van der Waals surface area (Å²) in [6, 6.07) is 10.3. The quantitative estimate of drug-likeness (QED) is 0.119. The molecule has 6 rings (SSSR count). The van der Waals surface area contributed by atoms with Crippen LogP contribution in [-0.2, 0) is 19.0 Å². The van der Waals surface area contributed by atoms with E-state index in [9.17, 15) is 30.3 Å². The molecule has 240 valence electrons. The Hall–Kier alpha value is -4.02. The lowest BCUT2D eigenvalue weighted by molar-refractivity contribution is -0.155. The number of fused-ring (bicyclic) bond motifs is 2. The van der Waals surface area contributed by atoms with E-state index < -0.39 is 61.0 Å². The number of rotatable bonds is 8. The summed E-state index contributed by atoms with van der Waals surface area (Å²) in [5.41, 5.74) is 1.78. The van der Waals surface area contributed by atoms with E-state index in [4.69, 9.17) is 28.2 Å². The van der Waals surface area contributed by atoms with E-state index in [1.54, 1.807) is 43.5 Å². The van der Waals surface area contributed by atoms with Gasteiger partial charge >= 0.3 is 0 Å². The van der Waals surface area contributed by atoms with Crippen LogP contribution in [0.1, 0.15) is 25.8 Å². The Bertz CT molecular complexity index is 1600. The fourth-order valence-electron chi connectivity index (χ4n) is 5.66. The summed E-state index contributed by atoms with van der Waals surface area (Å²) in [5.74, 6) is -0.246. The number of phenolic OH excluding ortho intramolecular Hbond substituents is 1. The van der Waals surface area contributed by atoms with Crippen LogP contribution in [0.2, 0.25) is 0 Å². The van der Waals surface area contributed by atoms with E-state index in [0.29, 0.717) is 17.0 Å². The lowest BCUT2D eigenvalue weighted by atomic mass is 9.83. The molecule has 0 bridgehead atoms. The SMILES string of the molecule is C/C(=N/Oc1ccc2occc2c1)[C@H]1O[C@@H](Oc2ccc(/C=C(\C)C(=O)N[C@@H]3[C@H](O)[C@@H](O)[C@H]4OCO[C@H]4[C@@H]3O)cc2O)C[C@@H]1O. The summed E-state index contributed by atoms with van der Waals surface area (Å²) in [6.07, 6.45) is -5.33. The van der Waals surface area contributed by atoms with E-state index in [0.717, 1.165) is 11.0 Å². The Morgan fingerprint density at radius 3 is 2.56 bits per heavy atom. The topological polar surface area (TPSA) is 202 Å². The number of phenols is 1. The van der Waals surface area contributed by atoms with Crippen molar-refractivity contribution < 1.29 is 58.5 Å². The number of hydrogen-bond donors (Lipinski definition) is 6. The van der Waals surface area contributed by atoms with Gasteiger partial charge in [-0.2, -0.15) is 0 Å². The number of nitrogens with one attached hydrogen (secondary N) is 1. The minimum atomic E-state index is -1.48. The predicted molar refractivity (Wildman–Crippen MR) is 156 cm³/mol. The van der Waals surface area contributed by atoms with E-state index in [1.807, 2.05) is 0 Å². The fourth-order valence-corrected chi connectivity index (χ4v) is 5.66. The highest BCUT2D eigenvalue weighted by atomic mass is 16.7. The maximum Gasteiger partial charge on any atom is 0.247 e. The molecule has 1 saturated carbocycles. The highest BCUT2D eigenvalue weighted by molar-refractivity contribution is 5.97. The van der Waals surface area contributed by atoms with Crippen molar-refractivity contribution in [1.82, 2.24) is 5.32 Å². The summed E-state index contributed by atoms with van der Waals surface area (Å²) in [4.78, 5) is 18.4. The monoisotopic (exact) mass is 626 g/mol. The molecule has 14 heteroatoms. The van der Waals surface area contributed by atoms with Crippen LogP contribution < -0.4 is 14.9 Å². The van der Waals surface area contributed by atoms with Crippen LogP contribution in [0.3, 0.4) is 0 Å². The molecule has 14 nitrogen and oxygen atoms in total. The van der Waals surface area contributed by atoms with Gasteiger partial charge in [0.15, 0.2) is 17.2 Å². The largest absolute Gasteiger partial charge is 0.504 e. The van der Waals surface area contributed by atoms with Gasteiger partial charge in [0.05, 0.1) is 24.1 Å². The first-order valence-corrected chi connectivity index (χ1v) is 14.4. The molecule has 2 saturated heterocycles. The first-order chi connectivity index (χ1) is 21.6. The first kappa shape index (κ1) is 31.0. The number of benzene rings is 2. The van der Waals surface area contributed by atoms with Gasteiger partial charge in [-0.15, -0.1) is 0 Å². The van der Waals surface area contributed by atoms with E-state index >= 15 is 0 Å². The zero-order valence-corrected chi connectivity index (χ0v) is 24.3.